The van der Waals surface area contributed by atoms with E-state index in [4.69, 9.17) is 4.74 Å². The summed E-state index contributed by atoms with van der Waals surface area (Å²) in [6.45, 7) is -1.00. The molecule has 4 aromatic rings. The second-order valence-electron chi connectivity index (χ2n) is 9.19. The van der Waals surface area contributed by atoms with Gasteiger partial charge in [0.2, 0.25) is 10.0 Å². The third kappa shape index (κ3) is 5.70. The number of aliphatic hydroxyl groups is 1. The molecular weight excluding hydrogens is 516 g/mol. The topological polar surface area (TPSA) is 104 Å². The molecule has 202 valence electrons. The van der Waals surface area contributed by atoms with Gasteiger partial charge in [-0.3, -0.25) is 9.59 Å². The second-order valence-corrected chi connectivity index (χ2v) is 11.0. The summed E-state index contributed by atoms with van der Waals surface area (Å²) in [5.41, 5.74) is 2.34. The van der Waals surface area contributed by atoms with Crippen molar-refractivity contribution in [2.45, 2.75) is 17.5 Å². The molecule has 0 radical (unpaired) electrons. The number of esters is 1. The zero-order valence-corrected chi connectivity index (χ0v) is 22.8. The molecule has 0 fully saturated rings. The molecule has 0 bridgehead atoms. The number of methoxy groups -OCH3 is 1. The number of ketones is 1. The third-order valence-electron chi connectivity index (χ3n) is 6.51. The number of carbonyl (C=O) groups excluding carboxylic acids is 2. The molecule has 0 aliphatic heterocycles. The van der Waals surface area contributed by atoms with Crippen molar-refractivity contribution in [1.29, 1.82) is 0 Å². The summed E-state index contributed by atoms with van der Waals surface area (Å²) >= 11 is 0. The van der Waals surface area contributed by atoms with E-state index in [1.165, 1.54) is 6.07 Å². The standard InChI is InChI=1S/C30H30N2O6S/c1-31(2)26-13-7-12-25-24(26)11-8-14-28(25)39(36,37)32(27(20-33)30(35)38-3)19-21-15-17-23(18-16-21)29(34)22-9-5-4-6-10-22/h4-18,27,33H,19-20H2,1-3H3/t27-/m0/s1. The lowest BCUT2D eigenvalue weighted by Crippen LogP contribution is -2.47. The minimum atomic E-state index is -4.32. The van der Waals surface area contributed by atoms with Gasteiger partial charge in [-0.25, -0.2) is 8.42 Å². The molecule has 9 heteroatoms. The molecule has 1 atom stereocenters. The lowest BCUT2D eigenvalue weighted by Gasteiger charge is -2.29. The number of rotatable bonds is 10. The van der Waals surface area contributed by atoms with Gasteiger partial charge in [-0.05, 0) is 17.7 Å². The van der Waals surface area contributed by atoms with Crippen molar-refractivity contribution in [3.8, 4) is 0 Å². The van der Waals surface area contributed by atoms with Gasteiger partial charge in [0.25, 0.3) is 0 Å². The first-order valence-corrected chi connectivity index (χ1v) is 13.7. The van der Waals surface area contributed by atoms with E-state index in [1.54, 1.807) is 66.7 Å². The van der Waals surface area contributed by atoms with Crippen LogP contribution < -0.4 is 4.90 Å². The number of anilines is 1. The van der Waals surface area contributed by atoms with Crippen molar-refractivity contribution in [2.24, 2.45) is 0 Å². The summed E-state index contributed by atoms with van der Waals surface area (Å²) in [7, 11) is 0.560. The van der Waals surface area contributed by atoms with Crippen molar-refractivity contribution >= 4 is 38.2 Å². The lowest BCUT2D eigenvalue weighted by molar-refractivity contribution is -0.146. The Labute approximate surface area is 228 Å². The monoisotopic (exact) mass is 546 g/mol. The predicted molar refractivity (Wildman–Crippen MR) is 150 cm³/mol. The Bertz CT molecular complexity index is 1590. The van der Waals surface area contributed by atoms with Gasteiger partial charge in [0.15, 0.2) is 5.78 Å². The van der Waals surface area contributed by atoms with Gasteiger partial charge in [-0.15, -0.1) is 0 Å². The fourth-order valence-corrected chi connectivity index (χ4v) is 6.25. The van der Waals surface area contributed by atoms with Gasteiger partial charge in [0, 0.05) is 48.2 Å². The van der Waals surface area contributed by atoms with Crippen LogP contribution in [-0.4, -0.2) is 63.4 Å². The highest BCUT2D eigenvalue weighted by molar-refractivity contribution is 7.89. The van der Waals surface area contributed by atoms with E-state index >= 15 is 0 Å². The number of nitrogens with zero attached hydrogens (tertiary/aromatic N) is 2. The third-order valence-corrected chi connectivity index (χ3v) is 8.42. The largest absolute Gasteiger partial charge is 0.468 e. The van der Waals surface area contributed by atoms with Gasteiger partial charge in [0.05, 0.1) is 18.6 Å². The summed E-state index contributed by atoms with van der Waals surface area (Å²) in [4.78, 5) is 27.3. The van der Waals surface area contributed by atoms with Crippen molar-refractivity contribution in [3.05, 3.63) is 108 Å². The van der Waals surface area contributed by atoms with Crippen LogP contribution in [0, 0.1) is 0 Å². The van der Waals surface area contributed by atoms with Gasteiger partial charge < -0.3 is 14.7 Å². The molecule has 4 rings (SSSR count). The normalized spacial score (nSPS) is 12.3. The molecule has 0 aromatic heterocycles. The molecule has 39 heavy (non-hydrogen) atoms. The second kappa shape index (κ2) is 11.8. The van der Waals surface area contributed by atoms with E-state index in [0.29, 0.717) is 22.1 Å². The van der Waals surface area contributed by atoms with Crippen molar-refractivity contribution in [2.75, 3.05) is 32.7 Å². The number of sulfonamides is 1. The first-order valence-electron chi connectivity index (χ1n) is 12.3. The summed E-state index contributed by atoms with van der Waals surface area (Å²) < 4.78 is 34.1. The Balaban J connectivity index is 1.76. The maximum absolute atomic E-state index is 14.2. The van der Waals surface area contributed by atoms with Gasteiger partial charge in [0.1, 0.15) is 6.04 Å². The summed E-state index contributed by atoms with van der Waals surface area (Å²) in [5, 5.41) is 11.3. The molecule has 4 aromatic carbocycles. The first kappa shape index (κ1) is 28.0. The van der Waals surface area contributed by atoms with Crippen LogP contribution in [0.3, 0.4) is 0 Å². The number of hydrogen-bond donors (Lipinski definition) is 1. The zero-order valence-electron chi connectivity index (χ0n) is 21.9. The molecule has 0 spiro atoms. The number of carbonyl (C=O) groups is 2. The predicted octanol–water partition coefficient (Wildman–Crippen LogP) is 3.86. The van der Waals surface area contributed by atoms with Crippen LogP contribution in [0.25, 0.3) is 10.8 Å². The molecule has 1 N–H and O–H groups in total. The summed E-state index contributed by atoms with van der Waals surface area (Å²) in [5.74, 6) is -1.05. The zero-order chi connectivity index (χ0) is 28.2. The Morgan fingerprint density at radius 3 is 2.05 bits per heavy atom. The smallest absolute Gasteiger partial charge is 0.326 e. The van der Waals surface area contributed by atoms with Crippen LogP contribution in [0.4, 0.5) is 5.69 Å². The van der Waals surface area contributed by atoms with E-state index in [-0.39, 0.29) is 17.2 Å². The minimum Gasteiger partial charge on any atom is -0.468 e. The number of fused-ring (bicyclic) bond motifs is 1. The fraction of sp³-hybridized carbons (Fsp3) is 0.200. The van der Waals surface area contributed by atoms with Crippen LogP contribution in [0.15, 0.2) is 95.9 Å². The number of ether oxygens (including phenoxy) is 1. The van der Waals surface area contributed by atoms with E-state index in [2.05, 4.69) is 0 Å². The van der Waals surface area contributed by atoms with E-state index in [9.17, 15) is 23.1 Å². The van der Waals surface area contributed by atoms with E-state index < -0.39 is 28.6 Å². The quantitative estimate of drug-likeness (QED) is 0.238. The average Bonchev–Trinajstić information content (AvgIpc) is 2.96. The van der Waals surface area contributed by atoms with E-state index in [1.807, 2.05) is 37.2 Å². The molecule has 0 amide bonds. The average molecular weight is 547 g/mol. The van der Waals surface area contributed by atoms with Crippen LogP contribution in [-0.2, 0) is 26.1 Å². The Morgan fingerprint density at radius 1 is 0.821 bits per heavy atom. The fourth-order valence-electron chi connectivity index (χ4n) is 4.49. The number of benzene rings is 4. The molecule has 0 saturated heterocycles. The molecule has 0 unspecified atom stereocenters. The highest BCUT2D eigenvalue weighted by atomic mass is 32.2. The molecule has 8 nitrogen and oxygen atoms in total. The Hall–Kier alpha value is -4.05. The summed E-state index contributed by atoms with van der Waals surface area (Å²) in [6.07, 6.45) is 0. The van der Waals surface area contributed by atoms with Crippen LogP contribution in [0.2, 0.25) is 0 Å². The molecule has 0 heterocycles. The summed E-state index contributed by atoms with van der Waals surface area (Å²) in [6, 6.07) is 24.2. The van der Waals surface area contributed by atoms with Gasteiger partial charge in [-0.2, -0.15) is 4.31 Å². The molecular formula is C30H30N2O6S. The number of hydrogen-bond acceptors (Lipinski definition) is 7. The number of aliphatic hydroxyl groups excluding tert-OH is 1. The van der Waals surface area contributed by atoms with Crippen molar-refractivity contribution in [3.63, 3.8) is 0 Å². The lowest BCUT2D eigenvalue weighted by atomic mass is 10.0. The highest BCUT2D eigenvalue weighted by Crippen LogP contribution is 2.33. The molecule has 0 aliphatic carbocycles. The maximum atomic E-state index is 14.2. The van der Waals surface area contributed by atoms with Crippen molar-refractivity contribution < 1.29 is 27.9 Å². The maximum Gasteiger partial charge on any atom is 0.326 e. The van der Waals surface area contributed by atoms with Crippen LogP contribution in [0.1, 0.15) is 21.5 Å². The van der Waals surface area contributed by atoms with Crippen LogP contribution in [0.5, 0.6) is 0 Å². The van der Waals surface area contributed by atoms with Crippen LogP contribution >= 0.6 is 0 Å². The van der Waals surface area contributed by atoms with Crippen molar-refractivity contribution in [1.82, 2.24) is 4.31 Å². The Morgan fingerprint density at radius 2 is 1.44 bits per heavy atom. The first-order chi connectivity index (χ1) is 18.7. The Kier molecular flexibility index (Phi) is 8.44. The van der Waals surface area contributed by atoms with Gasteiger partial charge in [-0.1, -0.05) is 78.9 Å². The van der Waals surface area contributed by atoms with E-state index in [0.717, 1.165) is 22.5 Å². The SMILES string of the molecule is COC(=O)[C@H](CO)N(Cc1ccc(C(=O)c2ccccc2)cc1)S(=O)(=O)c1cccc2c(N(C)C)cccc12. The highest BCUT2D eigenvalue weighted by Gasteiger charge is 2.37. The minimum absolute atomic E-state index is 0.00179. The van der Waals surface area contributed by atoms with Gasteiger partial charge >= 0.3 is 5.97 Å². The molecule has 0 saturated carbocycles. The molecule has 0 aliphatic rings.